The fourth-order valence-electron chi connectivity index (χ4n) is 3.43. The van der Waals surface area contributed by atoms with Gasteiger partial charge in [0.25, 0.3) is 5.91 Å². The van der Waals surface area contributed by atoms with Crippen LogP contribution in [0.1, 0.15) is 28.9 Å². The smallest absolute Gasteiger partial charge is 0.253 e. The second-order valence-electron chi connectivity index (χ2n) is 7.02. The second-order valence-corrected chi connectivity index (χ2v) is 7.02. The maximum absolute atomic E-state index is 12.8. The molecule has 0 unspecified atom stereocenters. The molecule has 1 aromatic heterocycles. The molecule has 5 nitrogen and oxygen atoms in total. The van der Waals surface area contributed by atoms with E-state index in [-0.39, 0.29) is 5.91 Å². The number of ether oxygens (including phenoxy) is 2. The summed E-state index contributed by atoms with van der Waals surface area (Å²) < 4.78 is 13.0. The Hall–Kier alpha value is -3.21. The predicted molar refractivity (Wildman–Crippen MR) is 110 cm³/mol. The van der Waals surface area contributed by atoms with Gasteiger partial charge in [0.2, 0.25) is 0 Å². The predicted octanol–water partition coefficient (Wildman–Crippen LogP) is 4.36. The number of nitrogens with one attached hydrogen (secondary N) is 1. The minimum Gasteiger partial charge on any atom is -0.497 e. The molecule has 0 radical (unpaired) electrons. The summed E-state index contributed by atoms with van der Waals surface area (Å²) in [4.78, 5) is 12.8. The molecule has 0 spiro atoms. The Bertz CT molecular complexity index is 1000. The van der Waals surface area contributed by atoms with Gasteiger partial charge in [0.15, 0.2) is 0 Å². The van der Waals surface area contributed by atoms with Crippen molar-refractivity contribution in [3.63, 3.8) is 0 Å². The third-order valence-electron chi connectivity index (χ3n) is 5.10. The lowest BCUT2D eigenvalue weighted by atomic mass is 10.1. The van der Waals surface area contributed by atoms with Gasteiger partial charge in [-0.15, -0.1) is 0 Å². The molecule has 1 aliphatic carbocycles. The van der Waals surface area contributed by atoms with E-state index in [1.165, 1.54) is 0 Å². The van der Waals surface area contributed by atoms with Gasteiger partial charge in [0.05, 0.1) is 31.2 Å². The van der Waals surface area contributed by atoms with Crippen LogP contribution < -0.4 is 14.8 Å². The van der Waals surface area contributed by atoms with Crippen molar-refractivity contribution in [3.05, 3.63) is 65.9 Å². The standard InChI is InChI=1S/C23H24N2O3/c1-15-19(23(26)24-17-9-10-17)14-21(16-7-5-4-6-8-16)25(15)20-12-11-18(27-2)13-22(20)28-3/h4-8,11-14,17H,9-10H2,1-3H3,(H,24,26). The average Bonchev–Trinajstić information content (AvgIpc) is 3.48. The highest BCUT2D eigenvalue weighted by Gasteiger charge is 2.27. The lowest BCUT2D eigenvalue weighted by Gasteiger charge is -2.16. The average molecular weight is 376 g/mol. The first-order chi connectivity index (χ1) is 13.6. The Morgan fingerprint density at radius 2 is 1.79 bits per heavy atom. The highest BCUT2D eigenvalue weighted by molar-refractivity contribution is 5.97. The van der Waals surface area contributed by atoms with Crippen LogP contribution in [0.25, 0.3) is 16.9 Å². The Morgan fingerprint density at radius 3 is 2.43 bits per heavy atom. The van der Waals surface area contributed by atoms with Crippen LogP contribution in [0.5, 0.6) is 11.5 Å². The first-order valence-electron chi connectivity index (χ1n) is 9.43. The van der Waals surface area contributed by atoms with Crippen LogP contribution in [0.15, 0.2) is 54.6 Å². The van der Waals surface area contributed by atoms with Crippen molar-refractivity contribution in [1.29, 1.82) is 0 Å². The van der Waals surface area contributed by atoms with Crippen LogP contribution >= 0.6 is 0 Å². The quantitative estimate of drug-likeness (QED) is 0.695. The van der Waals surface area contributed by atoms with Crippen LogP contribution in [0.4, 0.5) is 0 Å². The molecule has 1 amide bonds. The number of hydrogen-bond acceptors (Lipinski definition) is 3. The molecule has 1 saturated carbocycles. The van der Waals surface area contributed by atoms with Crippen LogP contribution in [0.2, 0.25) is 0 Å². The normalized spacial score (nSPS) is 13.2. The molecule has 28 heavy (non-hydrogen) atoms. The number of methoxy groups -OCH3 is 2. The minimum atomic E-state index is -0.0246. The largest absolute Gasteiger partial charge is 0.497 e. The molecule has 0 atom stereocenters. The molecule has 0 aliphatic heterocycles. The Balaban J connectivity index is 1.89. The third kappa shape index (κ3) is 3.36. The molecule has 4 rings (SSSR count). The van der Waals surface area contributed by atoms with Gasteiger partial charge >= 0.3 is 0 Å². The van der Waals surface area contributed by atoms with Crippen molar-refractivity contribution in [3.8, 4) is 28.4 Å². The first-order valence-corrected chi connectivity index (χ1v) is 9.43. The molecule has 144 valence electrons. The van der Waals surface area contributed by atoms with Crippen LogP contribution in [-0.2, 0) is 0 Å². The molecule has 0 bridgehead atoms. The van der Waals surface area contributed by atoms with Crippen molar-refractivity contribution in [2.45, 2.75) is 25.8 Å². The highest BCUT2D eigenvalue weighted by atomic mass is 16.5. The minimum absolute atomic E-state index is 0.0246. The van der Waals surface area contributed by atoms with Crippen LogP contribution in [-0.4, -0.2) is 30.7 Å². The lowest BCUT2D eigenvalue weighted by molar-refractivity contribution is 0.0950. The summed E-state index contributed by atoms with van der Waals surface area (Å²) in [5.41, 5.74) is 4.41. The fourth-order valence-corrected chi connectivity index (χ4v) is 3.43. The topological polar surface area (TPSA) is 52.5 Å². The maximum Gasteiger partial charge on any atom is 0.253 e. The summed E-state index contributed by atoms with van der Waals surface area (Å²) in [6.45, 7) is 1.97. The molecule has 1 heterocycles. The van der Waals surface area contributed by atoms with E-state index in [1.54, 1.807) is 14.2 Å². The monoisotopic (exact) mass is 376 g/mol. The van der Waals surface area contributed by atoms with E-state index in [0.717, 1.165) is 41.2 Å². The van der Waals surface area contributed by atoms with Gasteiger partial charge < -0.3 is 19.4 Å². The van der Waals surface area contributed by atoms with Gasteiger partial charge in [-0.2, -0.15) is 0 Å². The van der Waals surface area contributed by atoms with Crippen LogP contribution in [0.3, 0.4) is 0 Å². The van der Waals surface area contributed by atoms with Crippen molar-refractivity contribution < 1.29 is 14.3 Å². The molecule has 1 N–H and O–H groups in total. The van der Waals surface area contributed by atoms with Gasteiger partial charge in [-0.3, -0.25) is 4.79 Å². The van der Waals surface area contributed by atoms with Gasteiger partial charge in [0, 0.05) is 17.8 Å². The van der Waals surface area contributed by atoms with Gasteiger partial charge in [0.1, 0.15) is 11.5 Å². The van der Waals surface area contributed by atoms with E-state index in [4.69, 9.17) is 9.47 Å². The summed E-state index contributed by atoms with van der Waals surface area (Å²) in [5, 5.41) is 3.10. The fraction of sp³-hybridized carbons (Fsp3) is 0.261. The van der Waals surface area contributed by atoms with E-state index in [2.05, 4.69) is 9.88 Å². The van der Waals surface area contributed by atoms with Crippen molar-refractivity contribution in [2.75, 3.05) is 14.2 Å². The number of benzene rings is 2. The number of amides is 1. The molecule has 1 fully saturated rings. The highest BCUT2D eigenvalue weighted by Crippen LogP contribution is 2.35. The zero-order valence-corrected chi connectivity index (χ0v) is 16.4. The molecule has 0 saturated heterocycles. The summed E-state index contributed by atoms with van der Waals surface area (Å²) in [6, 6.07) is 18.1. The summed E-state index contributed by atoms with van der Waals surface area (Å²) in [5.74, 6) is 1.38. The van der Waals surface area contributed by atoms with Crippen molar-refractivity contribution in [1.82, 2.24) is 9.88 Å². The van der Waals surface area contributed by atoms with E-state index in [9.17, 15) is 4.79 Å². The maximum atomic E-state index is 12.8. The molecular formula is C23H24N2O3. The number of carbonyl (C=O) groups is 1. The van der Waals surface area contributed by atoms with Gasteiger partial charge in [-0.05, 0) is 43.5 Å². The van der Waals surface area contributed by atoms with Gasteiger partial charge in [-0.1, -0.05) is 30.3 Å². The number of aromatic nitrogens is 1. The Kier molecular flexibility index (Phi) is 4.82. The van der Waals surface area contributed by atoms with E-state index in [1.807, 2.05) is 61.5 Å². The number of rotatable bonds is 6. The number of nitrogens with zero attached hydrogens (tertiary/aromatic N) is 1. The molecule has 3 aromatic rings. The SMILES string of the molecule is COc1ccc(-n2c(-c3ccccc3)cc(C(=O)NC3CC3)c2C)c(OC)c1. The molecule has 2 aromatic carbocycles. The number of hydrogen-bond donors (Lipinski definition) is 1. The summed E-state index contributed by atoms with van der Waals surface area (Å²) in [6.07, 6.45) is 2.12. The summed E-state index contributed by atoms with van der Waals surface area (Å²) in [7, 11) is 3.27. The molecule has 1 aliphatic rings. The zero-order chi connectivity index (χ0) is 19.7. The van der Waals surface area contributed by atoms with E-state index < -0.39 is 0 Å². The van der Waals surface area contributed by atoms with Crippen LogP contribution in [0, 0.1) is 6.92 Å². The lowest BCUT2D eigenvalue weighted by Crippen LogP contribution is -2.25. The molecule has 5 heteroatoms. The Morgan fingerprint density at radius 1 is 1.04 bits per heavy atom. The van der Waals surface area contributed by atoms with Crippen molar-refractivity contribution >= 4 is 5.91 Å². The van der Waals surface area contributed by atoms with Gasteiger partial charge in [-0.25, -0.2) is 0 Å². The van der Waals surface area contributed by atoms with E-state index >= 15 is 0 Å². The zero-order valence-electron chi connectivity index (χ0n) is 16.4. The summed E-state index contributed by atoms with van der Waals surface area (Å²) >= 11 is 0. The van der Waals surface area contributed by atoms with E-state index in [0.29, 0.717) is 17.4 Å². The van der Waals surface area contributed by atoms with Crippen molar-refractivity contribution in [2.24, 2.45) is 0 Å². The second kappa shape index (κ2) is 7.43. The third-order valence-corrected chi connectivity index (χ3v) is 5.10. The Labute approximate surface area is 164 Å². The first kappa shape index (κ1) is 18.2. The molecular weight excluding hydrogens is 352 g/mol. The number of carbonyl (C=O) groups excluding carboxylic acids is 1.